The Morgan fingerprint density at radius 2 is 1.43 bits per heavy atom. The summed E-state index contributed by atoms with van der Waals surface area (Å²) in [4.78, 5) is 13.8. The zero-order valence-electron chi connectivity index (χ0n) is 32.1. The average molecular weight is 749 g/mol. The monoisotopic (exact) mass is 748 g/mol. The molecule has 1 aromatic rings. The molecule has 7 rings (SSSR count). The van der Waals surface area contributed by atoms with Crippen molar-refractivity contribution in [2.75, 3.05) is 14.2 Å². The molecule has 0 radical (unpaired) electrons. The molecule has 18 atom stereocenters. The Balaban J connectivity index is 0.932. The van der Waals surface area contributed by atoms with Crippen molar-refractivity contribution in [2.45, 2.75) is 178 Å². The number of ether oxygens (including phenoxy) is 8. The molecule has 1 aromatic heterocycles. The van der Waals surface area contributed by atoms with Crippen LogP contribution < -0.4 is 0 Å². The number of aryl methyl sites for hydroxylation is 1. The molecule has 2 saturated carbocycles. The highest BCUT2D eigenvalue weighted by atomic mass is 16.7. The molecule has 298 valence electrons. The standard InChI is InChI=1S/C40H60O13/c1-19-24(12-13-47-19)25-10-11-27-26(37(25)44)9-8-23-14-30(29(42)18-40(23,27)5)51-34-17-32(46-7)39(22(4)50-34)53-33-15-28(41)38(21(3)49-33)52-35-16-31(45-6)36(43)20(2)48-35/h8,12-13,20-22,25-36,38-39,41-43H,9-11,14-18H2,1-7H3/t20-,21+,22-,25+,26+,27-,28-,29+,30+,31+,32+,33-,34+,35-,36-,38+,39-,40-/m0/s1. The zero-order chi connectivity index (χ0) is 37.8. The van der Waals surface area contributed by atoms with E-state index in [0.29, 0.717) is 37.9 Å². The maximum atomic E-state index is 13.8. The van der Waals surface area contributed by atoms with Crippen molar-refractivity contribution in [3.05, 3.63) is 35.3 Å². The number of fused-ring (bicyclic) bond motifs is 3. The number of aliphatic hydroxyl groups excluding tert-OH is 3. The van der Waals surface area contributed by atoms with Crippen LogP contribution in [0.15, 0.2) is 28.4 Å². The summed E-state index contributed by atoms with van der Waals surface area (Å²) < 4.78 is 54.3. The van der Waals surface area contributed by atoms with Crippen LogP contribution in [0.1, 0.15) is 96.3 Å². The van der Waals surface area contributed by atoms with Gasteiger partial charge in [-0.1, -0.05) is 18.6 Å². The van der Waals surface area contributed by atoms with Gasteiger partial charge >= 0.3 is 0 Å². The Hall–Kier alpha value is -1.75. The van der Waals surface area contributed by atoms with Gasteiger partial charge in [-0.3, -0.25) is 4.79 Å². The maximum Gasteiger partial charge on any atom is 0.161 e. The number of Topliss-reactive ketones (excluding diaryl/α,β-unsaturated/α-hetero) is 1. The van der Waals surface area contributed by atoms with E-state index in [9.17, 15) is 20.1 Å². The number of hydrogen-bond acceptors (Lipinski definition) is 13. The smallest absolute Gasteiger partial charge is 0.161 e. The average Bonchev–Trinajstić information content (AvgIpc) is 3.54. The highest BCUT2D eigenvalue weighted by Crippen LogP contribution is 2.58. The predicted octanol–water partition coefficient (Wildman–Crippen LogP) is 4.07. The third-order valence-electron chi connectivity index (χ3n) is 13.4. The van der Waals surface area contributed by atoms with Crippen LogP contribution in [0.2, 0.25) is 0 Å². The first-order chi connectivity index (χ1) is 25.3. The van der Waals surface area contributed by atoms with Crippen molar-refractivity contribution in [1.82, 2.24) is 0 Å². The normalized spacial score (nSPS) is 47.8. The van der Waals surface area contributed by atoms with Gasteiger partial charge in [0.05, 0.1) is 55.1 Å². The van der Waals surface area contributed by atoms with E-state index in [0.717, 1.165) is 24.2 Å². The molecule has 53 heavy (non-hydrogen) atoms. The maximum absolute atomic E-state index is 13.8. The van der Waals surface area contributed by atoms with Gasteiger partial charge in [0.15, 0.2) is 18.9 Å². The first kappa shape index (κ1) is 39.5. The molecular formula is C40H60O13. The van der Waals surface area contributed by atoms with Crippen LogP contribution in [0.4, 0.5) is 0 Å². The molecule has 0 unspecified atom stereocenters. The fourth-order valence-corrected chi connectivity index (χ4v) is 10.3. The molecule has 3 aliphatic heterocycles. The summed E-state index contributed by atoms with van der Waals surface area (Å²) in [5, 5.41) is 33.0. The lowest BCUT2D eigenvalue weighted by atomic mass is 9.51. The van der Waals surface area contributed by atoms with Crippen LogP contribution >= 0.6 is 0 Å². The van der Waals surface area contributed by atoms with E-state index in [1.165, 1.54) is 5.57 Å². The van der Waals surface area contributed by atoms with Gasteiger partial charge in [-0.05, 0) is 77.2 Å². The topological polar surface area (TPSA) is 165 Å². The molecule has 0 aromatic carbocycles. The minimum atomic E-state index is -0.885. The summed E-state index contributed by atoms with van der Waals surface area (Å²) >= 11 is 0. The molecular weight excluding hydrogens is 688 g/mol. The van der Waals surface area contributed by atoms with Crippen molar-refractivity contribution in [3.63, 3.8) is 0 Å². The van der Waals surface area contributed by atoms with Crippen molar-refractivity contribution in [3.8, 4) is 0 Å². The summed E-state index contributed by atoms with van der Waals surface area (Å²) in [5.41, 5.74) is 2.00. The minimum Gasteiger partial charge on any atom is -0.469 e. The van der Waals surface area contributed by atoms with Crippen molar-refractivity contribution < 1.29 is 62.4 Å². The van der Waals surface area contributed by atoms with Gasteiger partial charge in [0.2, 0.25) is 0 Å². The number of rotatable bonds is 9. The molecule has 13 nitrogen and oxygen atoms in total. The minimum absolute atomic E-state index is 0.0626. The van der Waals surface area contributed by atoms with E-state index in [1.807, 2.05) is 26.8 Å². The fourth-order valence-electron chi connectivity index (χ4n) is 10.3. The van der Waals surface area contributed by atoms with Gasteiger partial charge in [0.1, 0.15) is 29.9 Å². The van der Waals surface area contributed by atoms with Crippen molar-refractivity contribution >= 4 is 5.78 Å². The van der Waals surface area contributed by atoms with E-state index in [1.54, 1.807) is 27.4 Å². The molecule has 3 saturated heterocycles. The predicted molar refractivity (Wildman–Crippen MR) is 189 cm³/mol. The summed E-state index contributed by atoms with van der Waals surface area (Å²) in [5.74, 6) is 1.11. The molecule has 6 aliphatic rings. The second kappa shape index (κ2) is 16.0. The van der Waals surface area contributed by atoms with Gasteiger partial charge in [-0.2, -0.15) is 0 Å². The van der Waals surface area contributed by atoms with E-state index in [2.05, 4.69) is 13.0 Å². The molecule has 0 bridgehead atoms. The highest BCUT2D eigenvalue weighted by Gasteiger charge is 2.55. The number of carbonyl (C=O) groups is 1. The molecule has 3 N–H and O–H groups in total. The number of methoxy groups -OCH3 is 2. The Morgan fingerprint density at radius 1 is 0.792 bits per heavy atom. The first-order valence-electron chi connectivity index (χ1n) is 19.6. The lowest BCUT2D eigenvalue weighted by Crippen LogP contribution is -2.57. The van der Waals surface area contributed by atoms with Crippen molar-refractivity contribution in [2.24, 2.45) is 17.3 Å². The van der Waals surface area contributed by atoms with E-state index < -0.39 is 79.9 Å². The number of hydrogen-bond donors (Lipinski definition) is 3. The quantitative estimate of drug-likeness (QED) is 0.310. The Labute approximate surface area is 312 Å². The largest absolute Gasteiger partial charge is 0.469 e. The second-order valence-electron chi connectivity index (χ2n) is 16.5. The van der Waals surface area contributed by atoms with Gasteiger partial charge in [0.25, 0.3) is 0 Å². The van der Waals surface area contributed by atoms with E-state index in [4.69, 9.17) is 42.3 Å². The summed E-state index contributed by atoms with van der Waals surface area (Å²) in [6.07, 6.45) is 0.130. The number of allylic oxidation sites excluding steroid dienone is 1. The van der Waals surface area contributed by atoms with Crippen LogP contribution in [0, 0.1) is 24.2 Å². The second-order valence-corrected chi connectivity index (χ2v) is 16.5. The third-order valence-corrected chi connectivity index (χ3v) is 13.4. The molecule has 3 aliphatic carbocycles. The molecule has 13 heteroatoms. The SMILES string of the molecule is CO[C@@H]1C[C@H](O[C@H]2[C@@H](O)C[C@H](O[C@H]3[C@H](C)O[C@H](O[C@@H]4CC5=CC[C@H]6C(=O)[C@@H](c7ccoc7C)CC[C@@H]6[C@@]5(C)C[C@H]4O)C[C@H]3OC)O[C@@H]2C)O[C@@H](C)[C@@H]1O. The van der Waals surface area contributed by atoms with Crippen LogP contribution in [0.3, 0.4) is 0 Å². The highest BCUT2D eigenvalue weighted by molar-refractivity contribution is 5.89. The summed E-state index contributed by atoms with van der Waals surface area (Å²) in [6.45, 7) is 9.63. The number of aliphatic hydroxyl groups is 3. The van der Waals surface area contributed by atoms with Crippen molar-refractivity contribution in [1.29, 1.82) is 0 Å². The molecule has 4 heterocycles. The number of ketones is 1. The lowest BCUT2D eigenvalue weighted by molar-refractivity contribution is -0.338. The number of furan rings is 1. The van der Waals surface area contributed by atoms with Gasteiger partial charge in [0, 0.05) is 50.9 Å². The van der Waals surface area contributed by atoms with Crippen LogP contribution in [-0.4, -0.2) is 121 Å². The van der Waals surface area contributed by atoms with Crippen LogP contribution in [0.5, 0.6) is 0 Å². The van der Waals surface area contributed by atoms with Crippen LogP contribution in [-0.2, 0) is 42.7 Å². The Morgan fingerprint density at radius 3 is 2.11 bits per heavy atom. The summed E-state index contributed by atoms with van der Waals surface area (Å²) in [6, 6.07) is 1.94. The van der Waals surface area contributed by atoms with Gasteiger partial charge in [-0.25, -0.2) is 0 Å². The Kier molecular flexibility index (Phi) is 11.9. The molecule has 0 spiro atoms. The molecule has 0 amide bonds. The zero-order valence-corrected chi connectivity index (χ0v) is 32.1. The first-order valence-corrected chi connectivity index (χ1v) is 19.6. The third kappa shape index (κ3) is 7.70. The van der Waals surface area contributed by atoms with E-state index >= 15 is 0 Å². The summed E-state index contributed by atoms with van der Waals surface area (Å²) in [7, 11) is 3.17. The van der Waals surface area contributed by atoms with Gasteiger partial charge in [-0.15, -0.1) is 0 Å². The molecule has 5 fully saturated rings. The lowest BCUT2D eigenvalue weighted by Gasteiger charge is -2.54. The number of carbonyl (C=O) groups excluding carboxylic acids is 1. The van der Waals surface area contributed by atoms with Crippen LogP contribution in [0.25, 0.3) is 0 Å². The fraction of sp³-hybridized carbons (Fsp3) is 0.825. The Bertz CT molecular complexity index is 1430. The van der Waals surface area contributed by atoms with Gasteiger partial charge < -0.3 is 57.6 Å². The van der Waals surface area contributed by atoms with E-state index in [-0.39, 0.29) is 35.7 Å².